The van der Waals surface area contributed by atoms with Gasteiger partial charge in [0.2, 0.25) is 0 Å². The van der Waals surface area contributed by atoms with Crippen molar-refractivity contribution in [3.05, 3.63) is 108 Å². The van der Waals surface area contributed by atoms with Crippen LogP contribution in [0.4, 0.5) is 5.69 Å². The molecule has 1 heterocycles. The molecule has 32 heavy (non-hydrogen) atoms. The summed E-state index contributed by atoms with van der Waals surface area (Å²) in [5.41, 5.74) is 2.40. The first-order valence-corrected chi connectivity index (χ1v) is 11.3. The Morgan fingerprint density at radius 2 is 1.72 bits per heavy atom. The van der Waals surface area contributed by atoms with Gasteiger partial charge in [0.1, 0.15) is 6.61 Å². The van der Waals surface area contributed by atoms with Crippen LogP contribution in [0, 0.1) is 0 Å². The summed E-state index contributed by atoms with van der Waals surface area (Å²) in [6.07, 6.45) is 3.53. The second-order valence-electron chi connectivity index (χ2n) is 7.03. The maximum atomic E-state index is 13.0. The van der Waals surface area contributed by atoms with Gasteiger partial charge in [-0.25, -0.2) is 17.9 Å². The van der Waals surface area contributed by atoms with Crippen LogP contribution in [0.5, 0.6) is 0 Å². The van der Waals surface area contributed by atoms with E-state index in [9.17, 15) is 13.2 Å². The smallest absolute Gasteiger partial charge is 0.338 e. The molecule has 4 aromatic rings. The van der Waals surface area contributed by atoms with Gasteiger partial charge in [-0.15, -0.1) is 0 Å². The number of carbonyl (C=O) groups excluding carboxylic acids is 1. The van der Waals surface area contributed by atoms with E-state index in [1.54, 1.807) is 35.1 Å². The van der Waals surface area contributed by atoms with E-state index in [0.717, 1.165) is 11.3 Å². The minimum atomic E-state index is -3.82. The van der Waals surface area contributed by atoms with Gasteiger partial charge >= 0.3 is 5.97 Å². The number of nitrogens with zero attached hydrogens (tertiary/aromatic N) is 3. The number of hydrogen-bond acceptors (Lipinski definition) is 5. The van der Waals surface area contributed by atoms with Crippen LogP contribution < -0.4 is 4.31 Å². The lowest BCUT2D eigenvalue weighted by Gasteiger charge is -2.19. The van der Waals surface area contributed by atoms with Crippen LogP contribution >= 0.6 is 0 Å². The Bertz CT molecular complexity index is 1300. The van der Waals surface area contributed by atoms with Gasteiger partial charge in [-0.2, -0.15) is 5.10 Å². The summed E-state index contributed by atoms with van der Waals surface area (Å²) in [4.78, 5) is 12.6. The van der Waals surface area contributed by atoms with Crippen LogP contribution in [0.3, 0.4) is 0 Å². The van der Waals surface area contributed by atoms with Crippen LogP contribution in [-0.2, 0) is 21.4 Å². The molecule has 0 atom stereocenters. The summed E-state index contributed by atoms with van der Waals surface area (Å²) in [5.74, 6) is -0.597. The number of rotatable bonds is 7. The Morgan fingerprint density at radius 3 is 2.41 bits per heavy atom. The van der Waals surface area contributed by atoms with E-state index in [2.05, 4.69) is 5.10 Å². The highest BCUT2D eigenvalue weighted by atomic mass is 32.2. The van der Waals surface area contributed by atoms with Gasteiger partial charge in [0.25, 0.3) is 10.0 Å². The molecule has 8 heteroatoms. The number of benzene rings is 3. The van der Waals surface area contributed by atoms with Crippen molar-refractivity contribution in [1.82, 2.24) is 9.78 Å². The number of para-hydroxylation sites is 1. The SMILES string of the molecule is CN(c1ccccc1)S(=O)(=O)c1cccc(C(=O)OCc2ccc(-n3cccn3)cc2)c1. The third-order valence-electron chi connectivity index (χ3n) is 4.92. The zero-order valence-electron chi connectivity index (χ0n) is 17.3. The molecule has 0 N–H and O–H groups in total. The van der Waals surface area contributed by atoms with Gasteiger partial charge in [0.05, 0.1) is 21.8 Å². The van der Waals surface area contributed by atoms with Crippen molar-refractivity contribution in [3.8, 4) is 5.69 Å². The van der Waals surface area contributed by atoms with Crippen LogP contribution in [0.2, 0.25) is 0 Å². The van der Waals surface area contributed by atoms with Crippen LogP contribution in [0.25, 0.3) is 5.69 Å². The average molecular weight is 448 g/mol. The number of hydrogen-bond donors (Lipinski definition) is 0. The standard InChI is InChI=1S/C24H21N3O4S/c1-26(21-8-3-2-4-9-21)32(29,30)23-10-5-7-20(17-23)24(28)31-18-19-11-13-22(14-12-19)27-16-6-15-25-27/h2-17H,18H2,1H3. The van der Waals surface area contributed by atoms with Crippen molar-refractivity contribution in [2.45, 2.75) is 11.5 Å². The van der Waals surface area contributed by atoms with Gasteiger partial charge < -0.3 is 4.74 Å². The molecule has 0 aliphatic carbocycles. The zero-order valence-corrected chi connectivity index (χ0v) is 18.1. The second kappa shape index (κ2) is 9.07. The molecule has 4 rings (SSSR count). The Morgan fingerprint density at radius 1 is 0.969 bits per heavy atom. The highest BCUT2D eigenvalue weighted by Gasteiger charge is 2.22. The topological polar surface area (TPSA) is 81.5 Å². The fourth-order valence-corrected chi connectivity index (χ4v) is 4.36. The third kappa shape index (κ3) is 4.55. The van der Waals surface area contributed by atoms with Crippen molar-refractivity contribution in [3.63, 3.8) is 0 Å². The lowest BCUT2D eigenvalue weighted by Crippen LogP contribution is -2.26. The molecule has 3 aromatic carbocycles. The average Bonchev–Trinajstić information content (AvgIpc) is 3.38. The first-order valence-electron chi connectivity index (χ1n) is 9.85. The summed E-state index contributed by atoms with van der Waals surface area (Å²) in [6.45, 7) is 0.0686. The molecule has 162 valence electrons. The van der Waals surface area contributed by atoms with Crippen molar-refractivity contribution in [2.24, 2.45) is 0 Å². The number of sulfonamides is 1. The monoisotopic (exact) mass is 447 g/mol. The number of esters is 1. The molecule has 1 aromatic heterocycles. The fraction of sp³-hybridized carbons (Fsp3) is 0.0833. The minimum absolute atomic E-state index is 0.0156. The first-order chi connectivity index (χ1) is 15.4. The van der Waals surface area contributed by atoms with E-state index in [-0.39, 0.29) is 17.1 Å². The molecule has 0 fully saturated rings. The van der Waals surface area contributed by atoms with E-state index < -0.39 is 16.0 Å². The number of ether oxygens (including phenoxy) is 1. The molecule has 0 bridgehead atoms. The largest absolute Gasteiger partial charge is 0.457 e. The molecule has 7 nitrogen and oxygen atoms in total. The summed E-state index contributed by atoms with van der Waals surface area (Å²) in [5, 5.41) is 4.17. The van der Waals surface area contributed by atoms with E-state index in [1.165, 1.54) is 35.6 Å². The second-order valence-corrected chi connectivity index (χ2v) is 9.00. The molecule has 0 aliphatic heterocycles. The van der Waals surface area contributed by atoms with Gasteiger partial charge in [-0.3, -0.25) is 4.31 Å². The van der Waals surface area contributed by atoms with Crippen molar-refractivity contribution < 1.29 is 17.9 Å². The minimum Gasteiger partial charge on any atom is -0.457 e. The number of anilines is 1. The number of carbonyl (C=O) groups is 1. The quantitative estimate of drug-likeness (QED) is 0.399. The molecule has 0 saturated carbocycles. The maximum absolute atomic E-state index is 13.0. The zero-order chi connectivity index (χ0) is 22.6. The summed E-state index contributed by atoms with van der Waals surface area (Å²) < 4.78 is 34.3. The van der Waals surface area contributed by atoms with E-state index in [4.69, 9.17) is 4.74 Å². The predicted molar refractivity (Wildman–Crippen MR) is 121 cm³/mol. The molecular formula is C24H21N3O4S. The lowest BCUT2D eigenvalue weighted by atomic mass is 10.2. The van der Waals surface area contributed by atoms with Crippen molar-refractivity contribution in [2.75, 3.05) is 11.4 Å². The molecule has 0 radical (unpaired) electrons. The van der Waals surface area contributed by atoms with E-state index in [0.29, 0.717) is 5.69 Å². The summed E-state index contributed by atoms with van der Waals surface area (Å²) >= 11 is 0. The molecular weight excluding hydrogens is 426 g/mol. The summed E-state index contributed by atoms with van der Waals surface area (Å²) in [7, 11) is -2.35. The normalized spacial score (nSPS) is 11.2. The highest BCUT2D eigenvalue weighted by molar-refractivity contribution is 7.92. The van der Waals surface area contributed by atoms with Gasteiger partial charge in [0.15, 0.2) is 0 Å². The van der Waals surface area contributed by atoms with Crippen LogP contribution in [0.1, 0.15) is 15.9 Å². The van der Waals surface area contributed by atoms with Gasteiger partial charge in [-0.05, 0) is 54.1 Å². The van der Waals surface area contributed by atoms with E-state index >= 15 is 0 Å². The highest BCUT2D eigenvalue weighted by Crippen LogP contribution is 2.22. The Balaban J connectivity index is 1.45. The van der Waals surface area contributed by atoms with Crippen LogP contribution in [-0.4, -0.2) is 31.2 Å². The lowest BCUT2D eigenvalue weighted by molar-refractivity contribution is 0.0472. The van der Waals surface area contributed by atoms with E-state index in [1.807, 2.05) is 42.6 Å². The third-order valence-corrected chi connectivity index (χ3v) is 6.70. The van der Waals surface area contributed by atoms with Gasteiger partial charge in [0, 0.05) is 19.4 Å². The first kappa shape index (κ1) is 21.3. The van der Waals surface area contributed by atoms with Crippen LogP contribution in [0.15, 0.2) is 102 Å². The summed E-state index contributed by atoms with van der Waals surface area (Å²) in [6, 6.07) is 23.9. The Labute approximate surface area is 186 Å². The number of aromatic nitrogens is 2. The van der Waals surface area contributed by atoms with Crippen molar-refractivity contribution in [1.29, 1.82) is 0 Å². The molecule has 0 aliphatic rings. The molecule has 0 saturated heterocycles. The fourth-order valence-electron chi connectivity index (χ4n) is 3.12. The van der Waals surface area contributed by atoms with Gasteiger partial charge in [-0.1, -0.05) is 36.4 Å². The Kier molecular flexibility index (Phi) is 6.04. The van der Waals surface area contributed by atoms with Crippen molar-refractivity contribution >= 4 is 21.7 Å². The maximum Gasteiger partial charge on any atom is 0.338 e. The Hall–Kier alpha value is -3.91. The molecule has 0 unspecified atom stereocenters. The molecule has 0 amide bonds. The predicted octanol–water partition coefficient (Wildman–Crippen LogP) is 4.05. The molecule has 0 spiro atoms.